The summed E-state index contributed by atoms with van der Waals surface area (Å²) in [6, 6.07) is 8.20. The molecule has 3 N–H and O–H groups in total. The number of hydrogen-bond donors (Lipinski definition) is 2. The summed E-state index contributed by atoms with van der Waals surface area (Å²) in [5.74, 6) is 0.573. The molecule has 0 bridgehead atoms. The molecule has 0 aliphatic rings. The zero-order chi connectivity index (χ0) is 12.7. The van der Waals surface area contributed by atoms with Crippen LogP contribution in [0.3, 0.4) is 0 Å². The fourth-order valence-electron chi connectivity index (χ4n) is 1.29. The van der Waals surface area contributed by atoms with E-state index < -0.39 is 0 Å². The van der Waals surface area contributed by atoms with Crippen LogP contribution in [0.1, 0.15) is 18.1 Å². The molecule has 4 nitrogen and oxygen atoms in total. The lowest BCUT2D eigenvalue weighted by Gasteiger charge is -2.08. The van der Waals surface area contributed by atoms with Gasteiger partial charge in [0.2, 0.25) is 5.90 Å². The summed E-state index contributed by atoms with van der Waals surface area (Å²) in [6.45, 7) is 4.52. The number of hydrazone groups is 1. The summed E-state index contributed by atoms with van der Waals surface area (Å²) in [4.78, 5) is 0. The van der Waals surface area contributed by atoms with E-state index in [1.807, 2.05) is 19.1 Å². The second-order valence-corrected chi connectivity index (χ2v) is 4.02. The number of rotatable bonds is 4. The van der Waals surface area contributed by atoms with Crippen molar-refractivity contribution in [1.82, 2.24) is 5.43 Å². The molecule has 1 aromatic carbocycles. The Hall–Kier alpha value is -1.62. The van der Waals surface area contributed by atoms with Gasteiger partial charge in [0.15, 0.2) is 5.11 Å². The summed E-state index contributed by atoms with van der Waals surface area (Å²) in [5.41, 5.74) is 10.2. The van der Waals surface area contributed by atoms with E-state index in [1.165, 1.54) is 5.56 Å². The van der Waals surface area contributed by atoms with Crippen molar-refractivity contribution in [2.75, 3.05) is 6.61 Å². The molecule has 0 aromatic heterocycles. The van der Waals surface area contributed by atoms with Crippen LogP contribution in [-0.2, 0) is 11.2 Å². The molecule has 0 unspecified atom stereocenters. The summed E-state index contributed by atoms with van der Waals surface area (Å²) in [7, 11) is 0. The number of nitrogens with two attached hydrogens (primary N) is 1. The van der Waals surface area contributed by atoms with Crippen LogP contribution in [0.4, 0.5) is 0 Å². The van der Waals surface area contributed by atoms with Gasteiger partial charge in [0.1, 0.15) is 0 Å². The molecule has 0 radical (unpaired) electrons. The van der Waals surface area contributed by atoms with Gasteiger partial charge in [-0.25, -0.2) is 0 Å². The Labute approximate surface area is 107 Å². The van der Waals surface area contributed by atoms with Crippen LogP contribution in [0.15, 0.2) is 29.4 Å². The minimum Gasteiger partial charge on any atom is -0.480 e. The first-order valence-corrected chi connectivity index (χ1v) is 5.83. The number of nitrogens with one attached hydrogen (secondary N) is 1. The van der Waals surface area contributed by atoms with Gasteiger partial charge in [-0.1, -0.05) is 29.8 Å². The van der Waals surface area contributed by atoms with Crippen LogP contribution < -0.4 is 11.2 Å². The molecule has 0 atom stereocenters. The van der Waals surface area contributed by atoms with Crippen molar-refractivity contribution in [2.24, 2.45) is 10.8 Å². The van der Waals surface area contributed by atoms with Gasteiger partial charge in [0.25, 0.3) is 0 Å². The molecule has 5 heteroatoms. The molecule has 17 heavy (non-hydrogen) atoms. The SMILES string of the molecule is CCO/C(Cc1ccc(C)cc1)=N\NC(N)=S. The highest BCUT2D eigenvalue weighted by Gasteiger charge is 2.02. The van der Waals surface area contributed by atoms with Crippen molar-refractivity contribution < 1.29 is 4.74 Å². The molecule has 92 valence electrons. The Balaban J connectivity index is 2.68. The normalized spacial score (nSPS) is 11.1. The monoisotopic (exact) mass is 251 g/mol. The Bertz CT molecular complexity index is 401. The summed E-state index contributed by atoms with van der Waals surface area (Å²) in [6.07, 6.45) is 0.615. The number of nitrogens with zero attached hydrogens (tertiary/aromatic N) is 1. The molecule has 0 saturated heterocycles. The quantitative estimate of drug-likeness (QED) is 0.370. The largest absolute Gasteiger partial charge is 0.480 e. The van der Waals surface area contributed by atoms with Crippen molar-refractivity contribution in [3.05, 3.63) is 35.4 Å². The third kappa shape index (κ3) is 5.31. The lowest BCUT2D eigenvalue weighted by Crippen LogP contribution is -2.26. The predicted octanol–water partition coefficient (Wildman–Crippen LogP) is 1.72. The predicted molar refractivity (Wildman–Crippen MR) is 73.9 cm³/mol. The van der Waals surface area contributed by atoms with Crippen molar-refractivity contribution in [3.63, 3.8) is 0 Å². The highest BCUT2D eigenvalue weighted by molar-refractivity contribution is 7.80. The van der Waals surface area contributed by atoms with Crippen molar-refractivity contribution >= 4 is 23.2 Å². The van der Waals surface area contributed by atoms with E-state index in [0.717, 1.165) is 5.56 Å². The van der Waals surface area contributed by atoms with E-state index in [9.17, 15) is 0 Å². The maximum atomic E-state index is 5.40. The minimum absolute atomic E-state index is 0.131. The molecular formula is C12H17N3OS. The zero-order valence-corrected chi connectivity index (χ0v) is 10.9. The van der Waals surface area contributed by atoms with Crippen LogP contribution >= 0.6 is 12.2 Å². The van der Waals surface area contributed by atoms with Crippen LogP contribution in [0, 0.1) is 6.92 Å². The van der Waals surface area contributed by atoms with E-state index >= 15 is 0 Å². The fraction of sp³-hybridized carbons (Fsp3) is 0.333. The third-order valence-electron chi connectivity index (χ3n) is 2.08. The van der Waals surface area contributed by atoms with E-state index in [1.54, 1.807) is 0 Å². The van der Waals surface area contributed by atoms with E-state index in [2.05, 4.69) is 41.8 Å². The first kappa shape index (κ1) is 13.4. The number of aryl methyl sites for hydroxylation is 1. The molecule has 0 amide bonds. The molecule has 0 heterocycles. The molecule has 0 aliphatic heterocycles. The van der Waals surface area contributed by atoms with Crippen LogP contribution in [-0.4, -0.2) is 17.6 Å². The smallest absolute Gasteiger partial charge is 0.210 e. The van der Waals surface area contributed by atoms with E-state index in [-0.39, 0.29) is 5.11 Å². The Morgan fingerprint density at radius 2 is 2.06 bits per heavy atom. The van der Waals surface area contributed by atoms with Crippen molar-refractivity contribution in [1.29, 1.82) is 0 Å². The Morgan fingerprint density at radius 3 is 2.59 bits per heavy atom. The topological polar surface area (TPSA) is 59.6 Å². The van der Waals surface area contributed by atoms with Gasteiger partial charge in [-0.05, 0) is 31.6 Å². The molecule has 1 aromatic rings. The minimum atomic E-state index is 0.131. The van der Waals surface area contributed by atoms with Crippen molar-refractivity contribution in [2.45, 2.75) is 20.3 Å². The van der Waals surface area contributed by atoms with E-state index in [4.69, 9.17) is 10.5 Å². The van der Waals surface area contributed by atoms with Gasteiger partial charge < -0.3 is 10.5 Å². The molecule has 0 saturated carbocycles. The Morgan fingerprint density at radius 1 is 1.41 bits per heavy atom. The van der Waals surface area contributed by atoms with Gasteiger partial charge in [-0.15, -0.1) is 5.10 Å². The number of hydrogen-bond acceptors (Lipinski definition) is 3. The number of thiocarbonyl (C=S) groups is 1. The summed E-state index contributed by atoms with van der Waals surface area (Å²) in [5, 5.41) is 4.14. The number of ether oxygens (including phenoxy) is 1. The summed E-state index contributed by atoms with van der Waals surface area (Å²) >= 11 is 4.68. The maximum absolute atomic E-state index is 5.40. The second kappa shape index (κ2) is 6.85. The second-order valence-electron chi connectivity index (χ2n) is 3.58. The van der Waals surface area contributed by atoms with Crippen LogP contribution in [0.5, 0.6) is 0 Å². The van der Waals surface area contributed by atoms with E-state index in [0.29, 0.717) is 18.9 Å². The van der Waals surface area contributed by atoms with Gasteiger partial charge in [0, 0.05) is 0 Å². The highest BCUT2D eigenvalue weighted by Crippen LogP contribution is 2.05. The van der Waals surface area contributed by atoms with Gasteiger partial charge in [-0.2, -0.15) is 0 Å². The third-order valence-corrected chi connectivity index (χ3v) is 2.17. The average Bonchev–Trinajstić information content (AvgIpc) is 2.29. The first-order chi connectivity index (χ1) is 8.11. The highest BCUT2D eigenvalue weighted by atomic mass is 32.1. The molecule has 1 rings (SSSR count). The van der Waals surface area contributed by atoms with Gasteiger partial charge >= 0.3 is 0 Å². The van der Waals surface area contributed by atoms with Gasteiger partial charge in [-0.3, -0.25) is 5.43 Å². The zero-order valence-electron chi connectivity index (χ0n) is 10.1. The fourth-order valence-corrected chi connectivity index (χ4v) is 1.33. The molecule has 0 aliphatic carbocycles. The lowest BCUT2D eigenvalue weighted by atomic mass is 10.1. The lowest BCUT2D eigenvalue weighted by molar-refractivity contribution is 0.317. The first-order valence-electron chi connectivity index (χ1n) is 5.42. The molecular weight excluding hydrogens is 234 g/mol. The Kier molecular flexibility index (Phi) is 5.42. The van der Waals surface area contributed by atoms with Crippen molar-refractivity contribution in [3.8, 4) is 0 Å². The van der Waals surface area contributed by atoms with Gasteiger partial charge in [0.05, 0.1) is 13.0 Å². The number of benzene rings is 1. The van der Waals surface area contributed by atoms with Crippen LogP contribution in [0.2, 0.25) is 0 Å². The standard InChI is InChI=1S/C12H17N3OS/c1-3-16-11(14-15-12(13)17)8-10-6-4-9(2)5-7-10/h4-7H,3,8H2,1-2H3,(H3,13,15,17)/b14-11-. The average molecular weight is 251 g/mol. The maximum Gasteiger partial charge on any atom is 0.210 e. The summed E-state index contributed by atoms with van der Waals surface area (Å²) < 4.78 is 5.40. The molecule has 0 fully saturated rings. The molecule has 0 spiro atoms. The van der Waals surface area contributed by atoms with Crippen LogP contribution in [0.25, 0.3) is 0 Å².